The molecule has 0 saturated carbocycles. The van der Waals surface area contributed by atoms with Crippen molar-refractivity contribution < 1.29 is 27.9 Å². The number of amides is 1. The van der Waals surface area contributed by atoms with E-state index in [1.54, 1.807) is 49.4 Å². The monoisotopic (exact) mass is 615 g/mol. The van der Waals surface area contributed by atoms with Crippen LogP contribution < -0.4 is 16.0 Å². The predicted octanol–water partition coefficient (Wildman–Crippen LogP) is 1.78. The summed E-state index contributed by atoms with van der Waals surface area (Å²) in [5.41, 5.74) is 1.50. The minimum Gasteiger partial charge on any atom is -0.480 e. The molecule has 0 spiro atoms. The molecule has 13 heteroatoms. The zero-order valence-electron chi connectivity index (χ0n) is 23.5. The van der Waals surface area contributed by atoms with Gasteiger partial charge in [-0.15, -0.1) is 11.8 Å². The Labute approximate surface area is 250 Å². The highest BCUT2D eigenvalue weighted by Gasteiger charge is 2.45. The number of aliphatic imine (C=N–C) groups is 1. The molecule has 2 aliphatic heterocycles. The summed E-state index contributed by atoms with van der Waals surface area (Å²) in [6.45, 7) is 4.07. The zero-order valence-corrected chi connectivity index (χ0v) is 25.1. The minimum absolute atomic E-state index is 0.0136. The summed E-state index contributed by atoms with van der Waals surface area (Å²) in [5, 5.41) is 18.3. The number of hydrogen-bond acceptors (Lipinski definition) is 9. The second-order valence-corrected chi connectivity index (χ2v) is 13.5. The lowest BCUT2D eigenvalue weighted by Crippen LogP contribution is -2.53. The van der Waals surface area contributed by atoms with E-state index in [0.29, 0.717) is 24.9 Å². The van der Waals surface area contributed by atoms with Crippen molar-refractivity contribution in [3.63, 3.8) is 0 Å². The van der Waals surface area contributed by atoms with Gasteiger partial charge in [-0.1, -0.05) is 42.5 Å². The van der Waals surface area contributed by atoms with Crippen molar-refractivity contribution in [1.82, 2.24) is 20.3 Å². The number of ketones is 1. The van der Waals surface area contributed by atoms with Crippen LogP contribution in [0.3, 0.4) is 0 Å². The number of benzene rings is 2. The number of carboxylic acid groups (broad SMARTS) is 1. The van der Waals surface area contributed by atoms with Crippen LogP contribution in [0.4, 0.5) is 0 Å². The number of thioether (sulfide) groups is 1. The number of nitrogens with zero attached hydrogens (tertiary/aromatic N) is 2. The summed E-state index contributed by atoms with van der Waals surface area (Å²) in [6, 6.07) is 12.7. The number of nitrogens with one attached hydrogen (secondary N) is 3. The van der Waals surface area contributed by atoms with Crippen molar-refractivity contribution in [1.29, 1.82) is 0 Å². The average molecular weight is 616 g/mol. The van der Waals surface area contributed by atoms with Gasteiger partial charge >= 0.3 is 5.97 Å². The maximum absolute atomic E-state index is 13.3. The third-order valence-electron chi connectivity index (χ3n) is 7.08. The number of carbonyl (C=O) groups excluding carboxylic acids is 2. The molecule has 2 unspecified atom stereocenters. The number of rotatable bonds is 13. The molecule has 4 N–H and O–H groups in total. The van der Waals surface area contributed by atoms with E-state index in [9.17, 15) is 27.9 Å². The van der Waals surface area contributed by atoms with Crippen molar-refractivity contribution in [2.45, 2.75) is 61.4 Å². The lowest BCUT2D eigenvalue weighted by molar-refractivity contribution is -0.142. The molecule has 0 radical (unpaired) electrons. The molecular weight excluding hydrogens is 578 g/mol. The lowest BCUT2D eigenvalue weighted by atomic mass is 10.0. The molecule has 1 saturated heterocycles. The molecule has 42 heavy (non-hydrogen) atoms. The molecule has 2 aromatic carbocycles. The van der Waals surface area contributed by atoms with E-state index in [2.05, 4.69) is 20.9 Å². The molecule has 226 valence electrons. The largest absolute Gasteiger partial charge is 0.480 e. The first-order chi connectivity index (χ1) is 20.1. The van der Waals surface area contributed by atoms with Gasteiger partial charge in [0.2, 0.25) is 15.9 Å². The van der Waals surface area contributed by atoms with Gasteiger partial charge in [0.25, 0.3) is 0 Å². The average Bonchev–Trinajstić information content (AvgIpc) is 3.39. The fourth-order valence-electron chi connectivity index (χ4n) is 4.86. The quantitative estimate of drug-likeness (QED) is 0.247. The Morgan fingerprint density at radius 2 is 1.83 bits per heavy atom. The molecule has 0 aliphatic carbocycles. The van der Waals surface area contributed by atoms with Crippen LogP contribution in [-0.4, -0.2) is 84.3 Å². The van der Waals surface area contributed by atoms with E-state index in [-0.39, 0.29) is 29.3 Å². The van der Waals surface area contributed by atoms with Gasteiger partial charge in [-0.05, 0) is 43.0 Å². The van der Waals surface area contributed by atoms with Gasteiger partial charge in [0.15, 0.2) is 5.96 Å². The zero-order chi connectivity index (χ0) is 30.1. The van der Waals surface area contributed by atoms with Crippen molar-refractivity contribution in [3.8, 4) is 0 Å². The van der Waals surface area contributed by atoms with Crippen molar-refractivity contribution in [2.75, 3.05) is 25.4 Å². The van der Waals surface area contributed by atoms with Crippen LogP contribution in [0.1, 0.15) is 37.3 Å². The third-order valence-corrected chi connectivity index (χ3v) is 10.4. The lowest BCUT2D eigenvalue weighted by Gasteiger charge is -2.27. The Morgan fingerprint density at radius 3 is 2.50 bits per heavy atom. The first-order valence-electron chi connectivity index (χ1n) is 14.0. The van der Waals surface area contributed by atoms with Crippen LogP contribution in [0.15, 0.2) is 64.5 Å². The summed E-state index contributed by atoms with van der Waals surface area (Å²) < 4.78 is 27.8. The molecule has 0 bridgehead atoms. The molecule has 2 aromatic rings. The van der Waals surface area contributed by atoms with Gasteiger partial charge in [-0.2, -0.15) is 4.31 Å². The van der Waals surface area contributed by atoms with Crippen LogP contribution >= 0.6 is 11.8 Å². The molecule has 4 rings (SSSR count). The van der Waals surface area contributed by atoms with Crippen LogP contribution in [0, 0.1) is 0 Å². The van der Waals surface area contributed by atoms with Gasteiger partial charge in [-0.25, -0.2) is 13.2 Å². The smallest absolute Gasteiger partial charge is 0.326 e. The van der Waals surface area contributed by atoms with Gasteiger partial charge in [-0.3, -0.25) is 14.6 Å². The highest BCUT2D eigenvalue weighted by Crippen LogP contribution is 2.34. The van der Waals surface area contributed by atoms with Gasteiger partial charge in [0.1, 0.15) is 17.9 Å². The predicted molar refractivity (Wildman–Crippen MR) is 162 cm³/mol. The Bertz CT molecular complexity index is 1380. The number of aliphatic carboxylic acids is 1. The minimum atomic E-state index is -3.96. The molecule has 1 amide bonds. The number of hydrogen-bond donors (Lipinski definition) is 4. The fraction of sp³-hybridized carbons (Fsp3) is 0.448. The van der Waals surface area contributed by atoms with Gasteiger partial charge in [0.05, 0.1) is 10.3 Å². The standard InChI is InChI=1S/C29H37N5O6S2/c1-20-34(42(39,40)24-8-3-2-4-9-24)26(19-41-20)27(36)33-25(28(37)38)18-22-12-10-21(11-13-22)17-23(35)7-5-14-30-29-31-15-6-16-32-29/h2-4,8-13,20,25-26H,5-7,14-19H2,1H3,(H,33,36)(H,37,38)(H2,30,31,32)/t20?,25?,26-/m0/s1. The van der Waals surface area contributed by atoms with Crippen LogP contribution in [-0.2, 0) is 37.2 Å². The first-order valence-corrected chi connectivity index (χ1v) is 16.5. The maximum Gasteiger partial charge on any atom is 0.326 e. The normalized spacial score (nSPS) is 19.8. The number of carboxylic acids is 1. The number of guanidine groups is 1. The summed E-state index contributed by atoms with van der Waals surface area (Å²) in [7, 11) is -3.96. The van der Waals surface area contributed by atoms with Crippen molar-refractivity contribution in [2.24, 2.45) is 4.99 Å². The molecule has 2 heterocycles. The number of carbonyl (C=O) groups is 3. The van der Waals surface area contributed by atoms with Gasteiger partial charge < -0.3 is 21.1 Å². The molecule has 1 fully saturated rings. The second-order valence-electron chi connectivity index (χ2n) is 10.3. The number of sulfonamides is 1. The Balaban J connectivity index is 1.30. The maximum atomic E-state index is 13.3. The van der Waals surface area contributed by atoms with E-state index in [1.807, 2.05) is 0 Å². The first kappa shape index (κ1) is 31.5. The molecule has 11 nitrogen and oxygen atoms in total. The van der Waals surface area contributed by atoms with Crippen molar-refractivity contribution in [3.05, 3.63) is 65.7 Å². The summed E-state index contributed by atoms with van der Waals surface area (Å²) >= 11 is 1.32. The SMILES string of the molecule is CC1SC[C@@H](C(=O)NC(Cc2ccc(CC(=O)CCCNC3=NCCCN3)cc2)C(=O)O)N1S(=O)(=O)c1ccccc1. The summed E-state index contributed by atoms with van der Waals surface area (Å²) in [6.07, 6.45) is 2.44. The molecular formula is C29H37N5O6S2. The summed E-state index contributed by atoms with van der Waals surface area (Å²) in [5.74, 6) is -0.761. The third kappa shape index (κ3) is 8.33. The second kappa shape index (κ2) is 14.7. The Kier molecular flexibility index (Phi) is 11.0. The Hall–Kier alpha value is -3.42. The van der Waals surface area contributed by atoms with E-state index in [0.717, 1.165) is 35.3 Å². The van der Waals surface area contributed by atoms with E-state index < -0.39 is 39.4 Å². The fourth-order valence-corrected chi connectivity index (χ4v) is 8.18. The van der Waals surface area contributed by atoms with E-state index in [4.69, 9.17) is 0 Å². The summed E-state index contributed by atoms with van der Waals surface area (Å²) in [4.78, 5) is 42.1. The molecule has 2 aliphatic rings. The van der Waals surface area contributed by atoms with Crippen LogP contribution in [0.2, 0.25) is 0 Å². The highest BCUT2D eigenvalue weighted by atomic mass is 32.2. The van der Waals surface area contributed by atoms with Crippen molar-refractivity contribution >= 4 is 45.4 Å². The topological polar surface area (TPSA) is 157 Å². The molecule has 0 aromatic heterocycles. The molecule has 3 atom stereocenters. The van der Waals surface area contributed by atoms with Crippen LogP contribution in [0.5, 0.6) is 0 Å². The number of Topliss-reactive ketones (excluding diaryl/α,β-unsaturated/α-hetero) is 1. The van der Waals surface area contributed by atoms with E-state index >= 15 is 0 Å². The highest BCUT2D eigenvalue weighted by molar-refractivity contribution is 8.01. The van der Waals surface area contributed by atoms with Crippen LogP contribution in [0.25, 0.3) is 0 Å². The Morgan fingerprint density at radius 1 is 1.12 bits per heavy atom. The van der Waals surface area contributed by atoms with Gasteiger partial charge in [0, 0.05) is 44.6 Å². The van der Waals surface area contributed by atoms with E-state index in [1.165, 1.54) is 23.9 Å².